The molecule has 0 atom stereocenters. The van der Waals surface area contributed by atoms with E-state index in [4.69, 9.17) is 12.2 Å². The van der Waals surface area contributed by atoms with Crippen molar-refractivity contribution in [2.24, 2.45) is 0 Å². The Labute approximate surface area is 92.3 Å². The van der Waals surface area contributed by atoms with Crippen LogP contribution in [0.25, 0.3) is 0 Å². The summed E-state index contributed by atoms with van der Waals surface area (Å²) in [7, 11) is 0. The van der Waals surface area contributed by atoms with Gasteiger partial charge in [0.1, 0.15) is 10.3 Å². The van der Waals surface area contributed by atoms with Crippen LogP contribution in [0, 0.1) is 4.64 Å². The molecule has 0 aromatic carbocycles. The first-order valence-corrected chi connectivity index (χ1v) is 5.69. The van der Waals surface area contributed by atoms with Crippen LogP contribution in [0.2, 0.25) is 0 Å². The third-order valence-electron chi connectivity index (χ3n) is 2.94. The lowest BCUT2D eigenvalue weighted by Crippen LogP contribution is -2.14. The Bertz CT molecular complexity index is 377. The molecule has 1 aliphatic carbocycles. The summed E-state index contributed by atoms with van der Waals surface area (Å²) in [6.07, 6.45) is 3.18. The van der Waals surface area contributed by atoms with Crippen molar-refractivity contribution in [3.05, 3.63) is 16.4 Å². The highest BCUT2D eigenvalue weighted by Gasteiger charge is 2.18. The molecule has 0 radical (unpaired) electrons. The van der Waals surface area contributed by atoms with Gasteiger partial charge in [-0.1, -0.05) is 31.5 Å². The Morgan fingerprint density at radius 1 is 1.33 bits per heavy atom. The Hall–Kier alpha value is -0.710. The number of H-pyrrole nitrogens is 1. The normalized spacial score (nSPS) is 18.6. The maximum absolute atomic E-state index is 12.4. The average Bonchev–Trinajstić information content (AvgIpc) is 2.62. The summed E-state index contributed by atoms with van der Waals surface area (Å²) in [5, 5.41) is 2.71. The molecular weight excluding hydrogens is 218 g/mol. The van der Waals surface area contributed by atoms with E-state index in [0.29, 0.717) is 10.7 Å². The van der Waals surface area contributed by atoms with E-state index in [9.17, 15) is 8.78 Å². The Kier molecular flexibility index (Phi) is 3.19. The monoisotopic (exact) mass is 232 g/mol. The van der Waals surface area contributed by atoms with Gasteiger partial charge >= 0.3 is 0 Å². The molecule has 15 heavy (non-hydrogen) atoms. The smallest absolute Gasteiger partial charge is 0.279 e. The molecule has 2 nitrogen and oxygen atoms in total. The fourth-order valence-corrected chi connectivity index (χ4v) is 2.47. The number of hydrogen-bond donors (Lipinski definition) is 1. The van der Waals surface area contributed by atoms with E-state index in [1.165, 1.54) is 12.5 Å². The third-order valence-corrected chi connectivity index (χ3v) is 3.26. The molecule has 1 aromatic heterocycles. The molecule has 0 aliphatic heterocycles. The molecule has 0 unspecified atom stereocenters. The lowest BCUT2D eigenvalue weighted by molar-refractivity contribution is 0.144. The number of rotatable bonds is 2. The number of halogens is 2. The Morgan fingerprint density at radius 3 is 2.53 bits per heavy atom. The summed E-state index contributed by atoms with van der Waals surface area (Å²) < 4.78 is 27.1. The van der Waals surface area contributed by atoms with E-state index in [-0.39, 0.29) is 5.69 Å². The molecule has 1 saturated carbocycles. The van der Waals surface area contributed by atoms with Crippen LogP contribution in [0.3, 0.4) is 0 Å². The van der Waals surface area contributed by atoms with Gasteiger partial charge in [0.15, 0.2) is 0 Å². The van der Waals surface area contributed by atoms with Crippen LogP contribution < -0.4 is 0 Å². The fourth-order valence-electron chi connectivity index (χ4n) is 2.15. The average molecular weight is 232 g/mol. The topological polar surface area (TPSA) is 20.7 Å². The second-order valence-electron chi connectivity index (χ2n) is 4.01. The number of hydrogen-bond acceptors (Lipinski definition) is 1. The predicted octanol–water partition coefficient (Wildman–Crippen LogP) is 3.99. The van der Waals surface area contributed by atoms with Crippen molar-refractivity contribution in [2.45, 2.75) is 44.6 Å². The minimum atomic E-state index is -2.46. The maximum atomic E-state index is 12.4. The van der Waals surface area contributed by atoms with E-state index in [2.05, 4.69) is 5.10 Å². The molecule has 1 heterocycles. The molecule has 5 heteroatoms. The minimum absolute atomic E-state index is 0.0643. The van der Waals surface area contributed by atoms with Crippen LogP contribution >= 0.6 is 12.2 Å². The number of nitrogens with zero attached hydrogens (tertiary/aromatic N) is 1. The molecule has 1 N–H and O–H groups in total. The molecule has 0 bridgehead atoms. The van der Waals surface area contributed by atoms with Crippen LogP contribution in [0.15, 0.2) is 6.07 Å². The van der Waals surface area contributed by atoms with Crippen molar-refractivity contribution in [3.63, 3.8) is 0 Å². The zero-order chi connectivity index (χ0) is 10.8. The maximum Gasteiger partial charge on any atom is 0.279 e. The van der Waals surface area contributed by atoms with Gasteiger partial charge in [-0.3, -0.25) is 9.78 Å². The van der Waals surface area contributed by atoms with Gasteiger partial charge in [-0.2, -0.15) is 0 Å². The highest BCUT2D eigenvalue weighted by molar-refractivity contribution is 7.71. The lowest BCUT2D eigenvalue weighted by atomic mass is 9.96. The Balaban J connectivity index is 2.23. The van der Waals surface area contributed by atoms with E-state index >= 15 is 0 Å². The molecule has 0 spiro atoms. The van der Waals surface area contributed by atoms with Crippen molar-refractivity contribution in [3.8, 4) is 0 Å². The number of aromatic amines is 1. The Morgan fingerprint density at radius 2 is 2.00 bits per heavy atom. The largest absolute Gasteiger partial charge is 0.296 e. The van der Waals surface area contributed by atoms with Crippen LogP contribution in [0.4, 0.5) is 8.78 Å². The van der Waals surface area contributed by atoms with Crippen molar-refractivity contribution < 1.29 is 8.78 Å². The van der Waals surface area contributed by atoms with Crippen LogP contribution in [0.1, 0.15) is 50.3 Å². The summed E-state index contributed by atoms with van der Waals surface area (Å²) in [5.74, 6) is 0. The van der Waals surface area contributed by atoms with E-state index in [1.54, 1.807) is 4.68 Å². The van der Waals surface area contributed by atoms with Gasteiger partial charge in [-0.25, -0.2) is 8.78 Å². The van der Waals surface area contributed by atoms with E-state index < -0.39 is 6.43 Å². The van der Waals surface area contributed by atoms with Crippen LogP contribution in [-0.4, -0.2) is 9.78 Å². The van der Waals surface area contributed by atoms with E-state index in [1.807, 2.05) is 0 Å². The molecule has 0 amide bonds. The van der Waals surface area contributed by atoms with Crippen LogP contribution in [-0.2, 0) is 0 Å². The first-order valence-electron chi connectivity index (χ1n) is 5.28. The van der Waals surface area contributed by atoms with Crippen LogP contribution in [0.5, 0.6) is 0 Å². The first-order chi connectivity index (χ1) is 7.18. The van der Waals surface area contributed by atoms with E-state index in [0.717, 1.165) is 25.7 Å². The second-order valence-corrected chi connectivity index (χ2v) is 4.43. The first kappa shape index (κ1) is 10.8. The summed E-state index contributed by atoms with van der Waals surface area (Å²) in [6.45, 7) is 0. The highest BCUT2D eigenvalue weighted by Crippen LogP contribution is 2.29. The predicted molar refractivity (Wildman–Crippen MR) is 56.7 cm³/mol. The van der Waals surface area contributed by atoms with Crippen molar-refractivity contribution in [2.75, 3.05) is 0 Å². The minimum Gasteiger partial charge on any atom is -0.296 e. The molecule has 2 rings (SSSR count). The molecular formula is C10H14F2N2S. The van der Waals surface area contributed by atoms with Gasteiger partial charge in [-0.05, 0) is 12.8 Å². The van der Waals surface area contributed by atoms with Gasteiger partial charge in [0.2, 0.25) is 0 Å². The van der Waals surface area contributed by atoms with Gasteiger partial charge in [0, 0.05) is 6.07 Å². The van der Waals surface area contributed by atoms with Crippen molar-refractivity contribution >= 4 is 12.2 Å². The SMILES string of the molecule is FC(F)c1cc(=S)n(C2CCCCC2)[nH]1. The quantitative estimate of drug-likeness (QED) is 0.765. The summed E-state index contributed by atoms with van der Waals surface area (Å²) in [4.78, 5) is 0. The zero-order valence-electron chi connectivity index (χ0n) is 8.38. The standard InChI is InChI=1S/C10H14F2N2S/c11-10(12)8-6-9(15)14(13-8)7-4-2-1-3-5-7/h6-7,10,13H,1-5H2. The number of nitrogens with one attached hydrogen (secondary N) is 1. The second kappa shape index (κ2) is 4.43. The lowest BCUT2D eigenvalue weighted by Gasteiger charge is -2.22. The summed E-state index contributed by atoms with van der Waals surface area (Å²) in [5.41, 5.74) is -0.0643. The molecule has 0 saturated heterocycles. The number of aromatic nitrogens is 2. The van der Waals surface area contributed by atoms with Gasteiger partial charge in [-0.15, -0.1) is 0 Å². The summed E-state index contributed by atoms with van der Waals surface area (Å²) >= 11 is 5.07. The van der Waals surface area contributed by atoms with Crippen molar-refractivity contribution in [1.82, 2.24) is 9.78 Å². The number of alkyl halides is 2. The third kappa shape index (κ3) is 2.27. The summed E-state index contributed by atoms with van der Waals surface area (Å²) in [6, 6.07) is 1.66. The van der Waals surface area contributed by atoms with Gasteiger partial charge in [0.25, 0.3) is 6.43 Å². The van der Waals surface area contributed by atoms with Gasteiger partial charge < -0.3 is 0 Å². The molecule has 1 fully saturated rings. The van der Waals surface area contributed by atoms with Crippen molar-refractivity contribution in [1.29, 1.82) is 0 Å². The molecule has 1 aromatic rings. The highest BCUT2D eigenvalue weighted by atomic mass is 32.1. The fraction of sp³-hybridized carbons (Fsp3) is 0.700. The molecule has 1 aliphatic rings. The zero-order valence-corrected chi connectivity index (χ0v) is 9.20. The molecule has 84 valence electrons. The van der Waals surface area contributed by atoms with Gasteiger partial charge in [0.05, 0.1) is 6.04 Å².